The highest BCUT2D eigenvalue weighted by Gasteiger charge is 2.33. The molecule has 19 heavy (non-hydrogen) atoms. The van der Waals surface area contributed by atoms with Crippen molar-refractivity contribution in [1.82, 2.24) is 4.90 Å². The molecule has 0 amide bonds. The molecule has 0 unspecified atom stereocenters. The normalized spacial score (nSPS) is 23.6. The van der Waals surface area contributed by atoms with E-state index in [2.05, 4.69) is 42.2 Å². The Labute approximate surface area is 115 Å². The van der Waals surface area contributed by atoms with Crippen LogP contribution in [0.1, 0.15) is 31.7 Å². The molecule has 1 N–H and O–H groups in total. The molecule has 1 atom stereocenters. The van der Waals surface area contributed by atoms with Gasteiger partial charge in [0, 0.05) is 13.1 Å². The van der Waals surface area contributed by atoms with Crippen LogP contribution in [-0.2, 0) is 11.2 Å². The minimum atomic E-state index is -0.696. The lowest BCUT2D eigenvalue weighted by Crippen LogP contribution is -2.27. The predicted octanol–water partition coefficient (Wildman–Crippen LogP) is 2.81. The minimum Gasteiger partial charge on any atom is -0.481 e. The van der Waals surface area contributed by atoms with E-state index in [9.17, 15) is 4.79 Å². The van der Waals surface area contributed by atoms with Crippen molar-refractivity contribution in [1.29, 1.82) is 0 Å². The quantitative estimate of drug-likeness (QED) is 0.856. The summed E-state index contributed by atoms with van der Waals surface area (Å²) in [5, 5.41) is 8.73. The maximum absolute atomic E-state index is 10.6. The topological polar surface area (TPSA) is 40.5 Å². The molecule has 1 aliphatic rings. The fourth-order valence-corrected chi connectivity index (χ4v) is 2.87. The van der Waals surface area contributed by atoms with Gasteiger partial charge >= 0.3 is 5.97 Å². The lowest BCUT2D eigenvalue weighted by molar-refractivity contribution is -0.137. The van der Waals surface area contributed by atoms with Crippen molar-refractivity contribution >= 4 is 5.97 Å². The number of rotatable bonds is 6. The van der Waals surface area contributed by atoms with Crippen LogP contribution in [0.15, 0.2) is 30.3 Å². The first-order valence-electron chi connectivity index (χ1n) is 7.05. The molecule has 3 heteroatoms. The van der Waals surface area contributed by atoms with Gasteiger partial charge in [0.05, 0.1) is 6.42 Å². The SMILES string of the molecule is C[C@]1(CCc2ccccc2)CCN(CCC(=O)O)C1. The van der Waals surface area contributed by atoms with Crippen LogP contribution in [0, 0.1) is 5.41 Å². The molecule has 1 aromatic rings. The maximum Gasteiger partial charge on any atom is 0.304 e. The summed E-state index contributed by atoms with van der Waals surface area (Å²) >= 11 is 0. The maximum atomic E-state index is 10.6. The van der Waals surface area contributed by atoms with Crippen LogP contribution in [0.4, 0.5) is 0 Å². The highest BCUT2D eigenvalue weighted by molar-refractivity contribution is 5.66. The van der Waals surface area contributed by atoms with Crippen LogP contribution in [0.25, 0.3) is 0 Å². The molecule has 3 nitrogen and oxygen atoms in total. The Kier molecular flexibility index (Phi) is 4.59. The number of carboxylic acids is 1. The first kappa shape index (κ1) is 14.1. The van der Waals surface area contributed by atoms with Gasteiger partial charge in [0.15, 0.2) is 0 Å². The van der Waals surface area contributed by atoms with Gasteiger partial charge in [-0.2, -0.15) is 0 Å². The van der Waals surface area contributed by atoms with E-state index < -0.39 is 5.97 Å². The molecule has 1 saturated heterocycles. The van der Waals surface area contributed by atoms with Crippen molar-refractivity contribution in [2.24, 2.45) is 5.41 Å². The molecule has 0 radical (unpaired) electrons. The lowest BCUT2D eigenvalue weighted by Gasteiger charge is -2.24. The largest absolute Gasteiger partial charge is 0.481 e. The van der Waals surface area contributed by atoms with Crippen LogP contribution in [0.5, 0.6) is 0 Å². The van der Waals surface area contributed by atoms with Gasteiger partial charge in [-0.15, -0.1) is 0 Å². The summed E-state index contributed by atoms with van der Waals surface area (Å²) in [7, 11) is 0. The van der Waals surface area contributed by atoms with E-state index in [-0.39, 0.29) is 6.42 Å². The van der Waals surface area contributed by atoms with Crippen LogP contribution in [0.2, 0.25) is 0 Å². The van der Waals surface area contributed by atoms with Crippen molar-refractivity contribution in [3.8, 4) is 0 Å². The Morgan fingerprint density at radius 3 is 2.79 bits per heavy atom. The average molecular weight is 261 g/mol. The van der Waals surface area contributed by atoms with E-state index in [0.29, 0.717) is 12.0 Å². The van der Waals surface area contributed by atoms with E-state index in [1.165, 1.54) is 18.4 Å². The molecule has 1 fully saturated rings. The molecular formula is C16H23NO2. The standard InChI is InChI=1S/C16H23NO2/c1-16(9-7-14-5-3-2-4-6-14)10-12-17(13-16)11-8-15(18)19/h2-6H,7-13H2,1H3,(H,18,19)/t16-/m0/s1. The van der Waals surface area contributed by atoms with Crippen molar-refractivity contribution in [3.05, 3.63) is 35.9 Å². The van der Waals surface area contributed by atoms with Crippen LogP contribution >= 0.6 is 0 Å². The molecule has 0 bridgehead atoms. The number of aliphatic carboxylic acids is 1. The van der Waals surface area contributed by atoms with Crippen molar-refractivity contribution < 1.29 is 9.90 Å². The number of aryl methyl sites for hydroxylation is 1. The van der Waals surface area contributed by atoms with E-state index in [1.807, 2.05) is 0 Å². The third kappa shape index (κ3) is 4.35. The highest BCUT2D eigenvalue weighted by atomic mass is 16.4. The average Bonchev–Trinajstić information content (AvgIpc) is 2.78. The Hall–Kier alpha value is -1.35. The zero-order chi connectivity index (χ0) is 13.7. The Morgan fingerprint density at radius 2 is 2.11 bits per heavy atom. The summed E-state index contributed by atoms with van der Waals surface area (Å²) in [6.07, 6.45) is 3.74. The van der Waals surface area contributed by atoms with Gasteiger partial charge in [0.2, 0.25) is 0 Å². The first-order valence-corrected chi connectivity index (χ1v) is 7.05. The predicted molar refractivity (Wildman–Crippen MR) is 76.2 cm³/mol. The monoisotopic (exact) mass is 261 g/mol. The van der Waals surface area contributed by atoms with Gasteiger partial charge in [-0.25, -0.2) is 0 Å². The summed E-state index contributed by atoms with van der Waals surface area (Å²) < 4.78 is 0. The Bertz CT molecular complexity index is 418. The molecule has 2 rings (SSSR count). The van der Waals surface area contributed by atoms with Crippen LogP contribution < -0.4 is 0 Å². The molecule has 0 saturated carbocycles. The molecule has 1 aliphatic heterocycles. The molecule has 104 valence electrons. The summed E-state index contributed by atoms with van der Waals surface area (Å²) in [6.45, 7) is 5.10. The van der Waals surface area contributed by atoms with Crippen molar-refractivity contribution in [2.75, 3.05) is 19.6 Å². The van der Waals surface area contributed by atoms with E-state index in [4.69, 9.17) is 5.11 Å². The highest BCUT2D eigenvalue weighted by Crippen LogP contribution is 2.34. The fourth-order valence-electron chi connectivity index (χ4n) is 2.87. The number of hydrogen-bond donors (Lipinski definition) is 1. The molecule has 0 aliphatic carbocycles. The Balaban J connectivity index is 1.79. The zero-order valence-corrected chi connectivity index (χ0v) is 11.6. The van der Waals surface area contributed by atoms with Crippen molar-refractivity contribution in [2.45, 2.75) is 32.6 Å². The van der Waals surface area contributed by atoms with Crippen LogP contribution in [0.3, 0.4) is 0 Å². The second kappa shape index (κ2) is 6.20. The fraction of sp³-hybridized carbons (Fsp3) is 0.562. The summed E-state index contributed by atoms with van der Waals surface area (Å²) in [4.78, 5) is 12.9. The van der Waals surface area contributed by atoms with Gasteiger partial charge < -0.3 is 10.0 Å². The smallest absolute Gasteiger partial charge is 0.304 e. The van der Waals surface area contributed by atoms with Crippen LogP contribution in [-0.4, -0.2) is 35.6 Å². The summed E-state index contributed by atoms with van der Waals surface area (Å²) in [6, 6.07) is 10.6. The third-order valence-electron chi connectivity index (χ3n) is 4.14. The van der Waals surface area contributed by atoms with Gasteiger partial charge in [-0.3, -0.25) is 4.79 Å². The number of carbonyl (C=O) groups is 1. The van der Waals surface area contributed by atoms with Gasteiger partial charge in [-0.1, -0.05) is 37.3 Å². The van der Waals surface area contributed by atoms with E-state index in [0.717, 1.165) is 19.5 Å². The minimum absolute atomic E-state index is 0.259. The second-order valence-corrected chi connectivity index (χ2v) is 5.97. The van der Waals surface area contributed by atoms with Gasteiger partial charge in [-0.05, 0) is 36.8 Å². The molecular weight excluding hydrogens is 238 g/mol. The van der Waals surface area contributed by atoms with E-state index >= 15 is 0 Å². The third-order valence-corrected chi connectivity index (χ3v) is 4.14. The summed E-state index contributed by atoms with van der Waals surface area (Å²) in [5.74, 6) is -0.696. The van der Waals surface area contributed by atoms with Gasteiger partial charge in [0.1, 0.15) is 0 Å². The zero-order valence-electron chi connectivity index (χ0n) is 11.6. The number of nitrogens with zero attached hydrogens (tertiary/aromatic N) is 1. The van der Waals surface area contributed by atoms with Crippen molar-refractivity contribution in [3.63, 3.8) is 0 Å². The number of likely N-dealkylation sites (tertiary alicyclic amines) is 1. The molecule has 0 aromatic heterocycles. The van der Waals surface area contributed by atoms with Gasteiger partial charge in [0.25, 0.3) is 0 Å². The first-order chi connectivity index (χ1) is 9.07. The lowest BCUT2D eigenvalue weighted by atomic mass is 9.83. The molecule has 0 spiro atoms. The summed E-state index contributed by atoms with van der Waals surface area (Å²) in [5.41, 5.74) is 1.74. The molecule has 1 aromatic carbocycles. The molecule has 1 heterocycles. The number of carboxylic acid groups (broad SMARTS) is 1. The number of benzene rings is 1. The Morgan fingerprint density at radius 1 is 1.37 bits per heavy atom. The number of hydrogen-bond acceptors (Lipinski definition) is 2. The second-order valence-electron chi connectivity index (χ2n) is 5.97. The van der Waals surface area contributed by atoms with E-state index in [1.54, 1.807) is 0 Å².